The first-order valence-corrected chi connectivity index (χ1v) is 19.6. The van der Waals surface area contributed by atoms with Gasteiger partial charge in [-0.2, -0.15) is 0 Å². The standard InChI is InChI=1S/C51H38N2OS/c1-4-14-35(31-32-52-34-15-6-5-7-16-34)53(36-27-25-33(26-28-36)37-19-12-20-39-38-17-9-11-24-46(38)54-48(37)39)45-23-13-21-40-41-29-30-44-47(50(41)55-49(40)45)42-18-8-10-22-43(42)51(44,2)3/h4-32H,1-3H3/b14-4-,35-31+,52-32+. The molecular weight excluding hydrogens is 689 g/mol. The monoisotopic (exact) mass is 726 g/mol. The van der Waals surface area contributed by atoms with E-state index in [9.17, 15) is 0 Å². The molecule has 0 radical (unpaired) electrons. The lowest BCUT2D eigenvalue weighted by molar-refractivity contribution is 0.661. The molecule has 1 aliphatic rings. The zero-order valence-electron chi connectivity index (χ0n) is 31.0. The molecule has 0 spiro atoms. The Balaban J connectivity index is 1.16. The summed E-state index contributed by atoms with van der Waals surface area (Å²) in [5.74, 6) is 0. The van der Waals surface area contributed by atoms with Crippen molar-refractivity contribution in [1.29, 1.82) is 0 Å². The second-order valence-corrected chi connectivity index (χ2v) is 15.7. The molecule has 1 aliphatic carbocycles. The van der Waals surface area contributed by atoms with Crippen LogP contribution >= 0.6 is 11.3 Å². The molecule has 4 heteroatoms. The summed E-state index contributed by atoms with van der Waals surface area (Å²) in [6.07, 6.45) is 8.29. The first-order valence-electron chi connectivity index (χ1n) is 18.8. The number of nitrogens with zero attached hydrogens (tertiary/aromatic N) is 2. The second-order valence-electron chi connectivity index (χ2n) is 14.7. The molecule has 0 saturated heterocycles. The molecule has 0 atom stereocenters. The summed E-state index contributed by atoms with van der Waals surface area (Å²) in [6, 6.07) is 54.0. The molecule has 264 valence electrons. The highest BCUT2D eigenvalue weighted by molar-refractivity contribution is 7.27. The average Bonchev–Trinajstić information content (AvgIpc) is 3.87. The van der Waals surface area contributed by atoms with Gasteiger partial charge in [0.1, 0.15) is 11.2 Å². The Labute approximate surface area is 324 Å². The maximum Gasteiger partial charge on any atom is 0.143 e. The van der Waals surface area contributed by atoms with Gasteiger partial charge in [0.25, 0.3) is 0 Å². The van der Waals surface area contributed by atoms with Crippen molar-refractivity contribution in [2.24, 2.45) is 4.99 Å². The SMILES string of the molecule is C\C=C/C(=C\C=N\c1ccccc1)N(c1ccc(-c2cccc3c2oc2ccccc23)cc1)c1cccc2c1sc1c3c(ccc12)C(C)(C)c1ccccc1-3. The number of aliphatic imine (C=N–C) groups is 1. The molecule has 10 rings (SSSR count). The Hall–Kier alpha value is -6.49. The summed E-state index contributed by atoms with van der Waals surface area (Å²) in [4.78, 5) is 7.17. The molecule has 2 heterocycles. The number of anilines is 2. The largest absolute Gasteiger partial charge is 0.455 e. The number of hydrogen-bond donors (Lipinski definition) is 0. The van der Waals surface area contributed by atoms with Crippen LogP contribution in [0.1, 0.15) is 31.9 Å². The zero-order chi connectivity index (χ0) is 37.1. The van der Waals surface area contributed by atoms with E-state index in [4.69, 9.17) is 9.41 Å². The van der Waals surface area contributed by atoms with Gasteiger partial charge in [0.05, 0.1) is 16.1 Å². The first-order chi connectivity index (χ1) is 27.0. The Kier molecular flexibility index (Phi) is 7.90. The van der Waals surface area contributed by atoms with Crippen molar-refractivity contribution in [2.75, 3.05) is 4.90 Å². The summed E-state index contributed by atoms with van der Waals surface area (Å²) in [5.41, 5.74) is 13.6. The molecule has 55 heavy (non-hydrogen) atoms. The summed E-state index contributed by atoms with van der Waals surface area (Å²) < 4.78 is 9.03. The fraction of sp³-hybridized carbons (Fsp3) is 0.0784. The maximum atomic E-state index is 6.44. The topological polar surface area (TPSA) is 28.7 Å². The van der Waals surface area contributed by atoms with Crippen molar-refractivity contribution in [3.8, 4) is 22.3 Å². The third kappa shape index (κ3) is 5.36. The van der Waals surface area contributed by atoms with Gasteiger partial charge in [-0.15, -0.1) is 11.3 Å². The van der Waals surface area contributed by atoms with Crippen LogP contribution in [0.3, 0.4) is 0 Å². The van der Waals surface area contributed by atoms with Crippen LogP contribution in [0.15, 0.2) is 185 Å². The van der Waals surface area contributed by atoms with Crippen LogP contribution in [0.2, 0.25) is 0 Å². The van der Waals surface area contributed by atoms with Crippen LogP contribution in [0.4, 0.5) is 17.1 Å². The summed E-state index contributed by atoms with van der Waals surface area (Å²) in [6.45, 7) is 6.78. The first kappa shape index (κ1) is 33.1. The van der Waals surface area contributed by atoms with Crippen molar-refractivity contribution in [3.63, 3.8) is 0 Å². The van der Waals surface area contributed by atoms with E-state index in [-0.39, 0.29) is 5.41 Å². The van der Waals surface area contributed by atoms with Gasteiger partial charge >= 0.3 is 0 Å². The molecule has 7 aromatic carbocycles. The average molecular weight is 727 g/mol. The number of hydrogen-bond acceptors (Lipinski definition) is 4. The van der Waals surface area contributed by atoms with Crippen molar-refractivity contribution in [3.05, 3.63) is 187 Å². The number of allylic oxidation sites excluding steroid dienone is 3. The quantitative estimate of drug-likeness (QED) is 0.121. The molecule has 0 saturated carbocycles. The highest BCUT2D eigenvalue weighted by Crippen LogP contribution is 2.55. The van der Waals surface area contributed by atoms with E-state index < -0.39 is 0 Å². The minimum Gasteiger partial charge on any atom is -0.455 e. The van der Waals surface area contributed by atoms with Crippen LogP contribution in [0.25, 0.3) is 64.4 Å². The molecule has 0 fully saturated rings. The van der Waals surface area contributed by atoms with Gasteiger partial charge in [-0.05, 0) is 77.7 Å². The number of benzene rings is 7. The summed E-state index contributed by atoms with van der Waals surface area (Å²) in [7, 11) is 0. The van der Waals surface area contributed by atoms with Gasteiger partial charge in [-0.3, -0.25) is 4.99 Å². The van der Waals surface area contributed by atoms with E-state index in [1.165, 1.54) is 42.4 Å². The lowest BCUT2D eigenvalue weighted by Crippen LogP contribution is -2.15. The van der Waals surface area contributed by atoms with Crippen molar-refractivity contribution < 1.29 is 4.42 Å². The third-order valence-electron chi connectivity index (χ3n) is 11.1. The third-order valence-corrected chi connectivity index (χ3v) is 12.4. The fourth-order valence-electron chi connectivity index (χ4n) is 8.48. The van der Waals surface area contributed by atoms with Crippen LogP contribution < -0.4 is 4.90 Å². The van der Waals surface area contributed by atoms with Gasteiger partial charge in [0, 0.05) is 60.4 Å². The lowest BCUT2D eigenvalue weighted by atomic mass is 9.82. The molecule has 9 aromatic rings. The van der Waals surface area contributed by atoms with Gasteiger partial charge in [0.2, 0.25) is 0 Å². The highest BCUT2D eigenvalue weighted by atomic mass is 32.1. The Morgan fingerprint density at radius 1 is 0.636 bits per heavy atom. The van der Waals surface area contributed by atoms with E-state index >= 15 is 0 Å². The second kappa shape index (κ2) is 13.1. The fourth-order valence-corrected chi connectivity index (χ4v) is 9.85. The number of furan rings is 1. The summed E-state index contributed by atoms with van der Waals surface area (Å²) in [5, 5.41) is 4.82. The number of para-hydroxylation sites is 3. The Morgan fingerprint density at radius 2 is 1.35 bits per heavy atom. The van der Waals surface area contributed by atoms with Crippen molar-refractivity contribution >= 4 is 76.7 Å². The van der Waals surface area contributed by atoms with E-state index in [1.807, 2.05) is 60.0 Å². The van der Waals surface area contributed by atoms with E-state index in [1.54, 1.807) is 0 Å². The lowest BCUT2D eigenvalue weighted by Gasteiger charge is -2.27. The number of fused-ring (bicyclic) bond motifs is 10. The van der Waals surface area contributed by atoms with E-state index in [2.05, 4.69) is 153 Å². The normalized spacial score (nSPS) is 13.8. The predicted octanol–water partition coefficient (Wildman–Crippen LogP) is 14.9. The minimum absolute atomic E-state index is 0.0560. The van der Waals surface area contributed by atoms with Crippen molar-refractivity contribution in [2.45, 2.75) is 26.2 Å². The molecular formula is C51H38N2OS. The van der Waals surface area contributed by atoms with Gasteiger partial charge in [-0.25, -0.2) is 0 Å². The predicted molar refractivity (Wildman–Crippen MR) is 236 cm³/mol. The Morgan fingerprint density at radius 3 is 2.20 bits per heavy atom. The van der Waals surface area contributed by atoms with Crippen LogP contribution in [-0.2, 0) is 5.41 Å². The molecule has 0 N–H and O–H groups in total. The number of thiophene rings is 1. The Bertz CT molecular complexity index is 3010. The summed E-state index contributed by atoms with van der Waals surface area (Å²) >= 11 is 1.90. The van der Waals surface area contributed by atoms with Gasteiger partial charge < -0.3 is 9.32 Å². The molecule has 0 bridgehead atoms. The van der Waals surface area contributed by atoms with Crippen LogP contribution in [0.5, 0.6) is 0 Å². The molecule has 0 unspecified atom stereocenters. The minimum atomic E-state index is -0.0560. The van der Waals surface area contributed by atoms with Gasteiger partial charge in [-0.1, -0.05) is 135 Å². The highest BCUT2D eigenvalue weighted by Gasteiger charge is 2.37. The van der Waals surface area contributed by atoms with Gasteiger partial charge in [0.15, 0.2) is 0 Å². The zero-order valence-corrected chi connectivity index (χ0v) is 31.8. The van der Waals surface area contributed by atoms with E-state index in [0.717, 1.165) is 55.8 Å². The molecule has 0 amide bonds. The van der Waals surface area contributed by atoms with Crippen LogP contribution in [-0.4, -0.2) is 6.21 Å². The van der Waals surface area contributed by atoms with Crippen molar-refractivity contribution in [1.82, 2.24) is 0 Å². The smallest absolute Gasteiger partial charge is 0.143 e. The molecule has 3 nitrogen and oxygen atoms in total. The molecule has 2 aromatic heterocycles. The van der Waals surface area contributed by atoms with Crippen LogP contribution in [0, 0.1) is 0 Å². The van der Waals surface area contributed by atoms with E-state index in [0.29, 0.717) is 0 Å². The molecule has 0 aliphatic heterocycles. The maximum absolute atomic E-state index is 6.44. The number of rotatable bonds is 7.